The first kappa shape index (κ1) is 11.6. The largest absolute Gasteiger partial charge is 0.396 e. The van der Waals surface area contributed by atoms with Gasteiger partial charge in [-0.3, -0.25) is 0 Å². The number of hydrogen-bond acceptors (Lipinski definition) is 3. The molecule has 1 aromatic rings. The van der Waals surface area contributed by atoms with Gasteiger partial charge in [-0.25, -0.2) is 0 Å². The predicted octanol–water partition coefficient (Wildman–Crippen LogP) is 1.66. The molecular weight excluding hydrogens is 196 g/mol. The lowest BCUT2D eigenvalue weighted by Crippen LogP contribution is -2.10. The molecule has 0 aliphatic carbocycles. The van der Waals surface area contributed by atoms with Crippen molar-refractivity contribution in [2.24, 2.45) is 0 Å². The molecule has 0 saturated heterocycles. The van der Waals surface area contributed by atoms with E-state index < -0.39 is 0 Å². The highest BCUT2D eigenvalue weighted by molar-refractivity contribution is 7.99. The normalized spacial score (nSPS) is 12.7. The molecular formula is C11H16O2S. The Bertz CT molecular complexity index is 238. The average molecular weight is 212 g/mol. The highest BCUT2D eigenvalue weighted by Crippen LogP contribution is 2.19. The summed E-state index contributed by atoms with van der Waals surface area (Å²) in [6.45, 7) is 0.283. The maximum atomic E-state index is 9.00. The first-order chi connectivity index (χ1) is 6.86. The minimum atomic E-state index is 0.137. The van der Waals surface area contributed by atoms with Gasteiger partial charge in [0.2, 0.25) is 0 Å². The molecule has 0 aromatic heterocycles. The molecule has 78 valence electrons. The number of hydrogen-bond donors (Lipinski definition) is 2. The third-order valence-electron chi connectivity index (χ3n) is 1.98. The van der Waals surface area contributed by atoms with Crippen LogP contribution < -0.4 is 0 Å². The van der Waals surface area contributed by atoms with E-state index in [-0.39, 0.29) is 18.5 Å². The van der Waals surface area contributed by atoms with E-state index in [0.29, 0.717) is 6.42 Å². The number of benzene rings is 1. The van der Waals surface area contributed by atoms with Crippen molar-refractivity contribution in [2.45, 2.75) is 17.4 Å². The standard InChI is InChI=1S/C11H16O2S/c12-7-6-11(8-13)14-9-10-4-2-1-3-5-10/h1-5,11-13H,6-9H2/t11-/m1/s1. The summed E-state index contributed by atoms with van der Waals surface area (Å²) in [6.07, 6.45) is 0.661. The Morgan fingerprint density at radius 1 is 1.14 bits per heavy atom. The van der Waals surface area contributed by atoms with Gasteiger partial charge in [0.05, 0.1) is 6.61 Å². The van der Waals surface area contributed by atoms with Crippen LogP contribution in [0.2, 0.25) is 0 Å². The molecule has 0 aliphatic rings. The van der Waals surface area contributed by atoms with Crippen molar-refractivity contribution in [3.8, 4) is 0 Å². The predicted molar refractivity (Wildman–Crippen MR) is 60.3 cm³/mol. The van der Waals surface area contributed by atoms with E-state index in [0.717, 1.165) is 5.75 Å². The molecule has 0 radical (unpaired) electrons. The Hall–Kier alpha value is -0.510. The lowest BCUT2D eigenvalue weighted by molar-refractivity contribution is 0.247. The Morgan fingerprint density at radius 2 is 1.86 bits per heavy atom. The minimum Gasteiger partial charge on any atom is -0.396 e. The van der Waals surface area contributed by atoms with Crippen molar-refractivity contribution < 1.29 is 10.2 Å². The second kappa shape index (κ2) is 6.87. The molecule has 0 unspecified atom stereocenters. The Morgan fingerprint density at radius 3 is 2.43 bits per heavy atom. The fourth-order valence-corrected chi connectivity index (χ4v) is 2.16. The van der Waals surface area contributed by atoms with Gasteiger partial charge in [-0.05, 0) is 12.0 Å². The van der Waals surface area contributed by atoms with E-state index in [2.05, 4.69) is 12.1 Å². The fourth-order valence-electron chi connectivity index (χ4n) is 1.16. The van der Waals surface area contributed by atoms with E-state index in [1.807, 2.05) is 18.2 Å². The van der Waals surface area contributed by atoms with E-state index in [4.69, 9.17) is 10.2 Å². The average Bonchev–Trinajstić information content (AvgIpc) is 2.25. The van der Waals surface area contributed by atoms with Gasteiger partial charge in [0.1, 0.15) is 0 Å². The zero-order valence-electron chi connectivity index (χ0n) is 8.10. The van der Waals surface area contributed by atoms with Crippen molar-refractivity contribution >= 4 is 11.8 Å². The van der Waals surface area contributed by atoms with Crippen LogP contribution >= 0.6 is 11.8 Å². The van der Waals surface area contributed by atoms with Crippen molar-refractivity contribution in [1.82, 2.24) is 0 Å². The van der Waals surface area contributed by atoms with Gasteiger partial charge >= 0.3 is 0 Å². The highest BCUT2D eigenvalue weighted by atomic mass is 32.2. The Kier molecular flexibility index (Phi) is 5.68. The van der Waals surface area contributed by atoms with Gasteiger partial charge in [-0.2, -0.15) is 11.8 Å². The molecule has 1 rings (SSSR count). The molecule has 0 fully saturated rings. The number of aliphatic hydroxyl groups excluding tert-OH is 2. The second-order valence-electron chi connectivity index (χ2n) is 3.11. The molecule has 1 aromatic carbocycles. The van der Waals surface area contributed by atoms with Gasteiger partial charge in [-0.15, -0.1) is 0 Å². The molecule has 2 nitrogen and oxygen atoms in total. The maximum absolute atomic E-state index is 9.00. The molecule has 0 spiro atoms. The zero-order chi connectivity index (χ0) is 10.2. The van der Waals surface area contributed by atoms with Crippen molar-refractivity contribution in [3.05, 3.63) is 35.9 Å². The van der Waals surface area contributed by atoms with Crippen molar-refractivity contribution in [3.63, 3.8) is 0 Å². The van der Waals surface area contributed by atoms with Crippen molar-refractivity contribution in [2.75, 3.05) is 13.2 Å². The first-order valence-corrected chi connectivity index (χ1v) is 5.79. The van der Waals surface area contributed by atoms with Crippen LogP contribution in [-0.2, 0) is 5.75 Å². The summed E-state index contributed by atoms with van der Waals surface area (Å²) >= 11 is 1.69. The van der Waals surface area contributed by atoms with Crippen LogP contribution in [0.15, 0.2) is 30.3 Å². The third-order valence-corrected chi connectivity index (χ3v) is 3.34. The van der Waals surface area contributed by atoms with Gasteiger partial charge in [-0.1, -0.05) is 30.3 Å². The molecule has 2 N–H and O–H groups in total. The van der Waals surface area contributed by atoms with Crippen LogP contribution in [0.4, 0.5) is 0 Å². The Balaban J connectivity index is 2.32. The lowest BCUT2D eigenvalue weighted by atomic mass is 10.2. The topological polar surface area (TPSA) is 40.5 Å². The number of aliphatic hydroxyl groups is 2. The molecule has 0 aliphatic heterocycles. The van der Waals surface area contributed by atoms with Gasteiger partial charge in [0, 0.05) is 17.6 Å². The van der Waals surface area contributed by atoms with E-state index in [9.17, 15) is 0 Å². The van der Waals surface area contributed by atoms with Gasteiger partial charge < -0.3 is 10.2 Å². The molecule has 3 heteroatoms. The quantitative estimate of drug-likeness (QED) is 0.753. The van der Waals surface area contributed by atoms with Gasteiger partial charge in [0.25, 0.3) is 0 Å². The van der Waals surface area contributed by atoms with Crippen LogP contribution in [0.1, 0.15) is 12.0 Å². The first-order valence-electron chi connectivity index (χ1n) is 4.74. The second-order valence-corrected chi connectivity index (χ2v) is 4.40. The SMILES string of the molecule is OCC[C@H](CO)SCc1ccccc1. The molecule has 0 saturated carbocycles. The summed E-state index contributed by atoms with van der Waals surface area (Å²) in [6, 6.07) is 10.2. The van der Waals surface area contributed by atoms with E-state index >= 15 is 0 Å². The van der Waals surface area contributed by atoms with Crippen LogP contribution in [-0.4, -0.2) is 28.7 Å². The van der Waals surface area contributed by atoms with E-state index in [1.165, 1.54) is 5.56 Å². The van der Waals surface area contributed by atoms with Crippen LogP contribution in [0.3, 0.4) is 0 Å². The summed E-state index contributed by atoms with van der Waals surface area (Å²) in [4.78, 5) is 0. The molecule has 14 heavy (non-hydrogen) atoms. The lowest BCUT2D eigenvalue weighted by Gasteiger charge is -2.11. The highest BCUT2D eigenvalue weighted by Gasteiger charge is 2.06. The summed E-state index contributed by atoms with van der Waals surface area (Å²) in [5.41, 5.74) is 1.26. The van der Waals surface area contributed by atoms with Crippen LogP contribution in [0.25, 0.3) is 0 Å². The number of rotatable bonds is 6. The summed E-state index contributed by atoms with van der Waals surface area (Å²) in [7, 11) is 0. The minimum absolute atomic E-state index is 0.137. The fraction of sp³-hybridized carbons (Fsp3) is 0.455. The summed E-state index contributed by atoms with van der Waals surface area (Å²) in [5, 5.41) is 17.9. The summed E-state index contributed by atoms with van der Waals surface area (Å²) < 4.78 is 0. The Labute approximate surface area is 89.0 Å². The van der Waals surface area contributed by atoms with Crippen LogP contribution in [0.5, 0.6) is 0 Å². The zero-order valence-corrected chi connectivity index (χ0v) is 8.91. The smallest absolute Gasteiger partial charge is 0.0551 e. The number of thioether (sulfide) groups is 1. The molecule has 0 heterocycles. The maximum Gasteiger partial charge on any atom is 0.0551 e. The monoisotopic (exact) mass is 212 g/mol. The van der Waals surface area contributed by atoms with E-state index in [1.54, 1.807) is 11.8 Å². The summed E-state index contributed by atoms with van der Waals surface area (Å²) in [5.74, 6) is 0.895. The van der Waals surface area contributed by atoms with Crippen LogP contribution in [0, 0.1) is 0 Å². The molecule has 1 atom stereocenters. The molecule has 0 amide bonds. The van der Waals surface area contributed by atoms with Gasteiger partial charge in [0.15, 0.2) is 0 Å². The molecule has 0 bridgehead atoms. The van der Waals surface area contributed by atoms with Crippen molar-refractivity contribution in [1.29, 1.82) is 0 Å². The third kappa shape index (κ3) is 4.13.